The van der Waals surface area contributed by atoms with Gasteiger partial charge in [-0.15, -0.1) is 6.58 Å². The van der Waals surface area contributed by atoms with E-state index in [1.54, 1.807) is 10.6 Å². The third-order valence-corrected chi connectivity index (χ3v) is 6.73. The lowest BCUT2D eigenvalue weighted by molar-refractivity contribution is -0.00699. The van der Waals surface area contributed by atoms with Gasteiger partial charge in [-0.1, -0.05) is 12.1 Å². The van der Waals surface area contributed by atoms with Crippen LogP contribution in [0, 0.1) is 0 Å². The number of carbonyl (C=O) groups excluding carboxylic acids is 1. The van der Waals surface area contributed by atoms with E-state index in [1.165, 1.54) is 18.2 Å². The van der Waals surface area contributed by atoms with Crippen LogP contribution in [0.2, 0.25) is 0 Å². The van der Waals surface area contributed by atoms with Gasteiger partial charge in [0.05, 0.1) is 23.8 Å². The van der Waals surface area contributed by atoms with Crippen molar-refractivity contribution in [2.24, 2.45) is 0 Å². The number of hydrogen-bond donors (Lipinski definition) is 1. The summed E-state index contributed by atoms with van der Waals surface area (Å²) in [5.74, 6) is -0.318. The van der Waals surface area contributed by atoms with E-state index in [4.69, 9.17) is 14.5 Å². The van der Waals surface area contributed by atoms with Crippen LogP contribution in [0.1, 0.15) is 67.3 Å². The van der Waals surface area contributed by atoms with Crippen LogP contribution >= 0.6 is 0 Å². The number of ether oxygens (including phenoxy) is 2. The molecule has 10 heteroatoms. The van der Waals surface area contributed by atoms with Gasteiger partial charge in [-0.05, 0) is 51.2 Å². The molecule has 1 saturated heterocycles. The average Bonchev–Trinajstić information content (AvgIpc) is 3.27. The molecule has 0 bridgehead atoms. The standard InChI is InChI=1S/C25H27F2N5O3/c1-3-25(11-10-15(2)34-14-25)19-13-32-12-18(29-24(22(32)30-19)35-16-6-4-7-16)23(33)31-20-9-5-8-17(28-20)21(26)27/h3,5,8-9,12-13,15-16,21H,1,4,6-7,10-11,14H2,2H3,(H,28,31,33)/t15?,25-/m0/s1. The largest absolute Gasteiger partial charge is 0.472 e. The molecule has 0 spiro atoms. The maximum atomic E-state index is 13.0. The number of carbonyl (C=O) groups is 1. The van der Waals surface area contributed by atoms with E-state index in [9.17, 15) is 13.6 Å². The zero-order valence-corrected chi connectivity index (χ0v) is 19.4. The molecule has 1 amide bonds. The van der Waals surface area contributed by atoms with Crippen molar-refractivity contribution < 1.29 is 23.0 Å². The van der Waals surface area contributed by atoms with Crippen LogP contribution in [0.25, 0.3) is 5.65 Å². The van der Waals surface area contributed by atoms with Crippen LogP contribution in [-0.2, 0) is 10.2 Å². The normalized spacial score (nSPS) is 22.7. The molecule has 184 valence electrons. The van der Waals surface area contributed by atoms with Gasteiger partial charge in [0.2, 0.25) is 5.65 Å². The minimum atomic E-state index is -2.74. The Hall–Kier alpha value is -3.40. The first-order valence-corrected chi connectivity index (χ1v) is 11.8. The highest BCUT2D eigenvalue weighted by molar-refractivity contribution is 6.02. The summed E-state index contributed by atoms with van der Waals surface area (Å²) >= 11 is 0. The maximum absolute atomic E-state index is 13.0. The summed E-state index contributed by atoms with van der Waals surface area (Å²) in [5.41, 5.74) is 0.456. The number of amides is 1. The minimum absolute atomic E-state index is 0.0152. The SMILES string of the molecule is C=C[C@]1(c2cn3cc(C(=O)Nc4cccc(C(F)F)n4)nc(OC4CCC4)c3n2)CCC(C)OC1. The number of nitrogens with one attached hydrogen (secondary N) is 1. The summed E-state index contributed by atoms with van der Waals surface area (Å²) in [4.78, 5) is 26.1. The summed E-state index contributed by atoms with van der Waals surface area (Å²) < 4.78 is 39.7. The van der Waals surface area contributed by atoms with Crippen LogP contribution in [0.4, 0.5) is 14.6 Å². The smallest absolute Gasteiger partial charge is 0.280 e. The molecule has 1 aliphatic carbocycles. The molecule has 0 aromatic carbocycles. The summed E-state index contributed by atoms with van der Waals surface area (Å²) in [5, 5.41) is 2.55. The van der Waals surface area contributed by atoms with Crippen LogP contribution < -0.4 is 10.1 Å². The van der Waals surface area contributed by atoms with E-state index in [1.807, 2.05) is 19.2 Å². The van der Waals surface area contributed by atoms with Gasteiger partial charge in [0.1, 0.15) is 23.3 Å². The Morgan fingerprint density at radius 2 is 2.11 bits per heavy atom. The number of pyridine rings is 1. The van der Waals surface area contributed by atoms with Gasteiger partial charge in [-0.2, -0.15) is 0 Å². The first-order valence-electron chi connectivity index (χ1n) is 11.8. The Bertz CT molecular complexity index is 1250. The number of aromatic nitrogens is 4. The summed E-state index contributed by atoms with van der Waals surface area (Å²) in [6.45, 7) is 6.54. The molecule has 2 fully saturated rings. The van der Waals surface area contributed by atoms with Crippen molar-refractivity contribution in [2.75, 3.05) is 11.9 Å². The van der Waals surface area contributed by atoms with Crippen LogP contribution in [0.5, 0.6) is 5.88 Å². The third kappa shape index (κ3) is 4.62. The fourth-order valence-corrected chi connectivity index (χ4v) is 4.24. The van der Waals surface area contributed by atoms with Crippen molar-refractivity contribution in [3.63, 3.8) is 0 Å². The first-order chi connectivity index (χ1) is 16.9. The fourth-order valence-electron chi connectivity index (χ4n) is 4.24. The molecule has 2 atom stereocenters. The monoisotopic (exact) mass is 483 g/mol. The highest BCUT2D eigenvalue weighted by Crippen LogP contribution is 2.37. The molecule has 5 rings (SSSR count). The van der Waals surface area contributed by atoms with E-state index >= 15 is 0 Å². The summed E-state index contributed by atoms with van der Waals surface area (Å²) in [7, 11) is 0. The van der Waals surface area contributed by atoms with Crippen molar-refractivity contribution in [1.29, 1.82) is 0 Å². The minimum Gasteiger partial charge on any atom is -0.472 e. The molecule has 8 nitrogen and oxygen atoms in total. The number of anilines is 1. The first kappa shape index (κ1) is 23.3. The van der Waals surface area contributed by atoms with Gasteiger partial charge in [0.15, 0.2) is 0 Å². The number of nitrogens with zero attached hydrogens (tertiary/aromatic N) is 4. The second-order valence-corrected chi connectivity index (χ2v) is 9.18. The lowest BCUT2D eigenvalue weighted by Crippen LogP contribution is -2.37. The molecule has 3 aromatic heterocycles. The van der Waals surface area contributed by atoms with Gasteiger partial charge < -0.3 is 14.8 Å². The predicted molar refractivity (Wildman–Crippen MR) is 125 cm³/mol. The Morgan fingerprint density at radius 3 is 2.77 bits per heavy atom. The maximum Gasteiger partial charge on any atom is 0.280 e. The van der Waals surface area contributed by atoms with Gasteiger partial charge >= 0.3 is 0 Å². The number of fused-ring (bicyclic) bond motifs is 1. The Kier molecular flexibility index (Phi) is 6.22. The second kappa shape index (κ2) is 9.33. The quantitative estimate of drug-likeness (QED) is 0.483. The van der Waals surface area contributed by atoms with Crippen molar-refractivity contribution in [1.82, 2.24) is 19.4 Å². The molecule has 1 saturated carbocycles. The topological polar surface area (TPSA) is 90.6 Å². The molecule has 2 aliphatic rings. The van der Waals surface area contributed by atoms with Crippen molar-refractivity contribution in [3.8, 4) is 5.88 Å². The number of imidazole rings is 1. The molecular weight excluding hydrogens is 456 g/mol. The van der Waals surface area contributed by atoms with Gasteiger partial charge in [0, 0.05) is 12.4 Å². The molecule has 0 radical (unpaired) electrons. The number of halogens is 2. The Balaban J connectivity index is 1.50. The summed E-state index contributed by atoms with van der Waals surface area (Å²) in [6, 6.07) is 4.06. The van der Waals surface area contributed by atoms with Gasteiger partial charge in [-0.3, -0.25) is 9.20 Å². The van der Waals surface area contributed by atoms with E-state index < -0.39 is 23.4 Å². The van der Waals surface area contributed by atoms with Crippen LogP contribution in [0.15, 0.2) is 43.2 Å². The zero-order chi connectivity index (χ0) is 24.6. The molecular formula is C25H27F2N5O3. The number of hydrogen-bond acceptors (Lipinski definition) is 6. The lowest BCUT2D eigenvalue weighted by Gasteiger charge is -2.35. The van der Waals surface area contributed by atoms with E-state index in [2.05, 4.69) is 21.9 Å². The van der Waals surface area contributed by atoms with E-state index in [0.29, 0.717) is 12.3 Å². The molecule has 4 heterocycles. The van der Waals surface area contributed by atoms with E-state index in [0.717, 1.165) is 37.8 Å². The molecule has 1 unspecified atom stereocenters. The number of alkyl halides is 2. The zero-order valence-electron chi connectivity index (χ0n) is 19.4. The van der Waals surface area contributed by atoms with Crippen molar-refractivity contribution in [2.45, 2.75) is 63.1 Å². The number of rotatable bonds is 7. The molecule has 35 heavy (non-hydrogen) atoms. The molecule has 3 aromatic rings. The fraction of sp³-hybridized carbons (Fsp3) is 0.440. The van der Waals surface area contributed by atoms with Gasteiger partial charge in [-0.25, -0.2) is 23.7 Å². The third-order valence-electron chi connectivity index (χ3n) is 6.73. The Morgan fingerprint density at radius 1 is 1.29 bits per heavy atom. The van der Waals surface area contributed by atoms with Crippen LogP contribution in [0.3, 0.4) is 0 Å². The average molecular weight is 484 g/mol. The highest BCUT2D eigenvalue weighted by atomic mass is 19.3. The van der Waals surface area contributed by atoms with Crippen molar-refractivity contribution >= 4 is 17.4 Å². The predicted octanol–water partition coefficient (Wildman–Crippen LogP) is 4.87. The lowest BCUT2D eigenvalue weighted by atomic mass is 9.79. The van der Waals surface area contributed by atoms with Crippen LogP contribution in [-0.4, -0.2) is 44.1 Å². The highest BCUT2D eigenvalue weighted by Gasteiger charge is 2.37. The van der Waals surface area contributed by atoms with E-state index in [-0.39, 0.29) is 29.6 Å². The molecule has 1 aliphatic heterocycles. The Labute approximate surface area is 201 Å². The summed E-state index contributed by atoms with van der Waals surface area (Å²) in [6.07, 6.45) is 7.32. The molecule has 1 N–H and O–H groups in total. The second-order valence-electron chi connectivity index (χ2n) is 9.18. The van der Waals surface area contributed by atoms with Crippen molar-refractivity contribution in [3.05, 3.63) is 60.3 Å². The van der Waals surface area contributed by atoms with Gasteiger partial charge in [0.25, 0.3) is 18.2 Å².